The lowest BCUT2D eigenvalue weighted by atomic mass is 10.1. The number of fused-ring (bicyclic) bond motifs is 1. The van der Waals surface area contributed by atoms with Crippen LogP contribution in [0.4, 0.5) is 0 Å². The standard InChI is InChI=1S/C19H21ClN4S/c1-2-3-4-5-6-7-8-9-12-15-21-17(20)16-19(22-15)24-18(23-16)14-11-10-13-25-14/h10-11,13H,2-8H2,1H3,(H,21,22,23,24). The zero-order valence-electron chi connectivity index (χ0n) is 14.3. The van der Waals surface area contributed by atoms with Crippen molar-refractivity contribution in [1.82, 2.24) is 19.9 Å². The quantitative estimate of drug-likeness (QED) is 0.322. The summed E-state index contributed by atoms with van der Waals surface area (Å²) in [6, 6.07) is 3.99. The first-order valence-corrected chi connectivity index (χ1v) is 9.99. The van der Waals surface area contributed by atoms with Crippen LogP contribution in [-0.2, 0) is 0 Å². The second-order valence-electron chi connectivity index (χ2n) is 5.92. The monoisotopic (exact) mass is 372 g/mol. The molecule has 4 nitrogen and oxygen atoms in total. The summed E-state index contributed by atoms with van der Waals surface area (Å²) in [6.07, 6.45) is 8.46. The summed E-state index contributed by atoms with van der Waals surface area (Å²) in [6.45, 7) is 2.23. The van der Waals surface area contributed by atoms with Gasteiger partial charge in [0.05, 0.1) is 4.88 Å². The minimum Gasteiger partial charge on any atom is -0.322 e. The maximum Gasteiger partial charge on any atom is 0.208 e. The first-order chi connectivity index (χ1) is 12.3. The van der Waals surface area contributed by atoms with Crippen molar-refractivity contribution < 1.29 is 0 Å². The molecule has 3 heterocycles. The van der Waals surface area contributed by atoms with E-state index in [0.29, 0.717) is 22.1 Å². The predicted molar refractivity (Wildman–Crippen MR) is 105 cm³/mol. The molecule has 3 aromatic heterocycles. The molecule has 0 aliphatic heterocycles. The van der Waals surface area contributed by atoms with Crippen LogP contribution in [0.15, 0.2) is 17.5 Å². The van der Waals surface area contributed by atoms with Crippen LogP contribution < -0.4 is 0 Å². The smallest absolute Gasteiger partial charge is 0.208 e. The lowest BCUT2D eigenvalue weighted by Gasteiger charge is -1.96. The van der Waals surface area contributed by atoms with E-state index in [-0.39, 0.29) is 0 Å². The van der Waals surface area contributed by atoms with E-state index >= 15 is 0 Å². The molecule has 3 rings (SSSR count). The third kappa shape index (κ3) is 4.81. The molecule has 0 aliphatic carbocycles. The lowest BCUT2D eigenvalue weighted by Crippen LogP contribution is -1.91. The third-order valence-corrected chi connectivity index (χ3v) is 5.05. The van der Waals surface area contributed by atoms with Gasteiger partial charge in [-0.3, -0.25) is 0 Å². The summed E-state index contributed by atoms with van der Waals surface area (Å²) in [5.41, 5.74) is 1.22. The third-order valence-electron chi connectivity index (χ3n) is 3.91. The first kappa shape index (κ1) is 17.9. The fraction of sp³-hybridized carbons (Fsp3) is 0.421. The van der Waals surface area contributed by atoms with E-state index in [1.807, 2.05) is 17.5 Å². The highest BCUT2D eigenvalue weighted by Crippen LogP contribution is 2.26. The van der Waals surface area contributed by atoms with Crippen LogP contribution in [-0.4, -0.2) is 19.9 Å². The number of halogens is 1. The molecule has 0 amide bonds. The largest absolute Gasteiger partial charge is 0.322 e. The molecule has 0 aliphatic rings. The second kappa shape index (κ2) is 8.98. The summed E-state index contributed by atoms with van der Waals surface area (Å²) in [7, 11) is 0. The van der Waals surface area contributed by atoms with Gasteiger partial charge in [-0.25, -0.2) is 15.0 Å². The molecule has 0 fully saturated rings. The van der Waals surface area contributed by atoms with Crippen LogP contribution in [0, 0.1) is 11.8 Å². The molecule has 6 heteroatoms. The number of nitrogens with one attached hydrogen (secondary N) is 1. The molecule has 1 N–H and O–H groups in total. The number of unbranched alkanes of at least 4 members (excludes halogenated alkanes) is 6. The van der Waals surface area contributed by atoms with Gasteiger partial charge >= 0.3 is 0 Å². The summed E-state index contributed by atoms with van der Waals surface area (Å²) in [5.74, 6) is 7.39. The van der Waals surface area contributed by atoms with Gasteiger partial charge in [0, 0.05) is 6.42 Å². The van der Waals surface area contributed by atoms with Crippen LogP contribution in [0.2, 0.25) is 5.15 Å². The van der Waals surface area contributed by atoms with Gasteiger partial charge in [0.1, 0.15) is 11.3 Å². The van der Waals surface area contributed by atoms with Gasteiger partial charge < -0.3 is 4.98 Å². The zero-order valence-corrected chi connectivity index (χ0v) is 15.9. The maximum atomic E-state index is 6.25. The van der Waals surface area contributed by atoms with Crippen molar-refractivity contribution in [2.24, 2.45) is 0 Å². The molecule has 0 saturated heterocycles. The maximum absolute atomic E-state index is 6.25. The molecule has 25 heavy (non-hydrogen) atoms. The van der Waals surface area contributed by atoms with E-state index in [2.05, 4.69) is 38.7 Å². The summed E-state index contributed by atoms with van der Waals surface area (Å²) < 4.78 is 0. The van der Waals surface area contributed by atoms with Crippen molar-refractivity contribution in [3.8, 4) is 22.5 Å². The van der Waals surface area contributed by atoms with E-state index < -0.39 is 0 Å². The Balaban J connectivity index is 1.64. The first-order valence-electron chi connectivity index (χ1n) is 8.74. The van der Waals surface area contributed by atoms with Crippen molar-refractivity contribution in [2.45, 2.75) is 51.9 Å². The molecular weight excluding hydrogens is 352 g/mol. The van der Waals surface area contributed by atoms with Crippen molar-refractivity contribution in [3.05, 3.63) is 28.5 Å². The van der Waals surface area contributed by atoms with E-state index in [1.54, 1.807) is 11.3 Å². The highest BCUT2D eigenvalue weighted by Gasteiger charge is 2.12. The van der Waals surface area contributed by atoms with Gasteiger partial charge in [-0.05, 0) is 23.8 Å². The lowest BCUT2D eigenvalue weighted by molar-refractivity contribution is 0.614. The van der Waals surface area contributed by atoms with E-state index in [4.69, 9.17) is 11.6 Å². The summed E-state index contributed by atoms with van der Waals surface area (Å²) >= 11 is 7.86. The van der Waals surface area contributed by atoms with Gasteiger partial charge in [0.2, 0.25) is 5.82 Å². The minimum atomic E-state index is 0.341. The Morgan fingerprint density at radius 3 is 2.76 bits per heavy atom. The summed E-state index contributed by atoms with van der Waals surface area (Å²) in [4.78, 5) is 17.4. The number of hydrogen-bond acceptors (Lipinski definition) is 4. The van der Waals surface area contributed by atoms with Gasteiger partial charge in [-0.1, -0.05) is 62.6 Å². The van der Waals surface area contributed by atoms with E-state index in [9.17, 15) is 0 Å². The molecule has 0 bridgehead atoms. The average molecular weight is 373 g/mol. The van der Waals surface area contributed by atoms with Crippen LogP contribution in [0.1, 0.15) is 57.7 Å². The number of H-pyrrole nitrogens is 1. The van der Waals surface area contributed by atoms with Gasteiger partial charge in [-0.15, -0.1) is 11.3 Å². The number of aromatic amines is 1. The zero-order chi connectivity index (χ0) is 17.5. The Morgan fingerprint density at radius 2 is 1.96 bits per heavy atom. The Hall–Kier alpha value is -1.90. The van der Waals surface area contributed by atoms with Crippen LogP contribution in [0.5, 0.6) is 0 Å². The molecule has 0 spiro atoms. The highest BCUT2D eigenvalue weighted by molar-refractivity contribution is 7.13. The van der Waals surface area contributed by atoms with Crippen molar-refractivity contribution in [3.63, 3.8) is 0 Å². The summed E-state index contributed by atoms with van der Waals surface area (Å²) in [5, 5.41) is 2.35. The topological polar surface area (TPSA) is 54.5 Å². The molecule has 0 unspecified atom stereocenters. The van der Waals surface area contributed by atoms with Crippen LogP contribution >= 0.6 is 22.9 Å². The van der Waals surface area contributed by atoms with Crippen molar-refractivity contribution in [2.75, 3.05) is 0 Å². The Labute approximate surface area is 157 Å². The predicted octanol–water partition coefficient (Wildman–Crippen LogP) is 5.84. The SMILES string of the molecule is CCCCCCCCC#Cc1nc(Cl)c2nc(-c3cccs3)[nH]c2n1. The number of nitrogens with zero attached hydrogens (tertiary/aromatic N) is 3. The normalized spacial score (nSPS) is 10.8. The van der Waals surface area contributed by atoms with Crippen molar-refractivity contribution >= 4 is 34.1 Å². The Bertz CT molecular complexity index is 874. The molecule has 0 aromatic carbocycles. The second-order valence-corrected chi connectivity index (χ2v) is 7.22. The fourth-order valence-corrected chi connectivity index (χ4v) is 3.47. The van der Waals surface area contributed by atoms with E-state index in [1.165, 1.54) is 32.1 Å². The number of imidazole rings is 1. The number of hydrogen-bond donors (Lipinski definition) is 1. The van der Waals surface area contributed by atoms with Crippen LogP contribution in [0.3, 0.4) is 0 Å². The molecule has 3 aromatic rings. The fourth-order valence-electron chi connectivity index (χ4n) is 2.59. The van der Waals surface area contributed by atoms with Crippen LogP contribution in [0.25, 0.3) is 21.9 Å². The average Bonchev–Trinajstić information content (AvgIpc) is 3.26. The van der Waals surface area contributed by atoms with Gasteiger partial charge in [0.25, 0.3) is 0 Å². The van der Waals surface area contributed by atoms with E-state index in [0.717, 1.165) is 23.5 Å². The molecule has 0 saturated carbocycles. The highest BCUT2D eigenvalue weighted by atomic mass is 35.5. The number of aromatic nitrogens is 4. The van der Waals surface area contributed by atoms with Crippen molar-refractivity contribution in [1.29, 1.82) is 0 Å². The molecule has 0 atom stereocenters. The Kier molecular flexibility index (Phi) is 6.43. The Morgan fingerprint density at radius 1 is 1.12 bits per heavy atom. The number of rotatable bonds is 7. The molecule has 130 valence electrons. The molecular formula is C19H21ClN4S. The molecule has 0 radical (unpaired) electrons. The van der Waals surface area contributed by atoms with Gasteiger partial charge in [-0.2, -0.15) is 0 Å². The van der Waals surface area contributed by atoms with Gasteiger partial charge in [0.15, 0.2) is 10.8 Å². The minimum absolute atomic E-state index is 0.341. The number of thiophene rings is 1.